The highest BCUT2D eigenvalue weighted by Crippen LogP contribution is 2.57. The molecule has 0 heterocycles. The Morgan fingerprint density at radius 1 is 0.595 bits per heavy atom. The van der Waals surface area contributed by atoms with Crippen molar-refractivity contribution in [2.75, 3.05) is 0 Å². The molecule has 1 unspecified atom stereocenters. The van der Waals surface area contributed by atoms with Gasteiger partial charge in [-0.15, -0.1) is 0 Å². The number of hydrogen-bond acceptors (Lipinski definition) is 3. The molecule has 4 aromatic rings. The Bertz CT molecular complexity index is 1460. The molecule has 0 radical (unpaired) electrons. The van der Waals surface area contributed by atoms with Crippen LogP contribution < -0.4 is 5.46 Å². The zero-order valence-electron chi connectivity index (χ0n) is 18.8. The lowest BCUT2D eigenvalue weighted by molar-refractivity contribution is -0.143. The lowest BCUT2D eigenvalue weighted by Gasteiger charge is -2.35. The number of aromatic hydroxyl groups is 1. The number of fused-ring (bicyclic) bond motifs is 3. The summed E-state index contributed by atoms with van der Waals surface area (Å²) < 4.78 is 83.4. The van der Waals surface area contributed by atoms with Gasteiger partial charge in [0.25, 0.3) is 0 Å². The number of rotatable bonds is 3. The van der Waals surface area contributed by atoms with Gasteiger partial charge in [-0.3, -0.25) is 0 Å². The lowest BCUT2D eigenvalue weighted by Crippen LogP contribution is -2.34. The second kappa shape index (κ2) is 8.39. The van der Waals surface area contributed by atoms with E-state index < -0.39 is 36.0 Å². The van der Waals surface area contributed by atoms with E-state index in [2.05, 4.69) is 0 Å². The van der Waals surface area contributed by atoms with Crippen molar-refractivity contribution < 1.29 is 41.5 Å². The predicted molar refractivity (Wildman–Crippen MR) is 125 cm³/mol. The molecule has 0 aromatic heterocycles. The minimum absolute atomic E-state index is 0.0118. The third kappa shape index (κ3) is 3.97. The molecule has 3 nitrogen and oxygen atoms in total. The number of phenolic OH excluding ortho intramolecular Hbond substituents is 1. The first-order valence-corrected chi connectivity index (χ1v) is 11.0. The molecular formula is C27H17BF6O3. The summed E-state index contributed by atoms with van der Waals surface area (Å²) in [5.41, 5.74) is -2.90. The van der Waals surface area contributed by atoms with Gasteiger partial charge >= 0.3 is 19.5 Å². The van der Waals surface area contributed by atoms with E-state index in [0.717, 1.165) is 0 Å². The Labute approximate surface area is 207 Å². The predicted octanol–water partition coefficient (Wildman–Crippen LogP) is 5.47. The smallest absolute Gasteiger partial charge is 0.488 e. The van der Waals surface area contributed by atoms with Gasteiger partial charge in [-0.05, 0) is 69.2 Å². The van der Waals surface area contributed by atoms with Crippen LogP contribution in [0.1, 0.15) is 33.4 Å². The third-order valence-electron chi connectivity index (χ3n) is 6.69. The molecule has 5 rings (SSSR count). The minimum Gasteiger partial charge on any atom is -0.508 e. The Kier molecular flexibility index (Phi) is 5.65. The van der Waals surface area contributed by atoms with Gasteiger partial charge < -0.3 is 15.2 Å². The summed E-state index contributed by atoms with van der Waals surface area (Å²) in [6.45, 7) is 0. The van der Waals surface area contributed by atoms with Crippen LogP contribution in [0.2, 0.25) is 0 Å². The molecule has 0 saturated heterocycles. The summed E-state index contributed by atoms with van der Waals surface area (Å²) in [5, 5.41) is 29.6. The zero-order chi connectivity index (χ0) is 26.8. The average molecular weight is 514 g/mol. The first-order chi connectivity index (χ1) is 17.3. The van der Waals surface area contributed by atoms with Crippen LogP contribution in [0.5, 0.6) is 5.75 Å². The van der Waals surface area contributed by atoms with Crippen molar-refractivity contribution in [3.8, 4) is 16.9 Å². The molecule has 1 atom stereocenters. The van der Waals surface area contributed by atoms with E-state index in [9.17, 15) is 41.5 Å². The molecule has 0 fully saturated rings. The van der Waals surface area contributed by atoms with Crippen LogP contribution in [0.4, 0.5) is 26.3 Å². The van der Waals surface area contributed by atoms with Gasteiger partial charge in [-0.2, -0.15) is 26.3 Å². The van der Waals surface area contributed by atoms with Crippen molar-refractivity contribution in [2.45, 2.75) is 17.8 Å². The van der Waals surface area contributed by atoms with Crippen molar-refractivity contribution >= 4 is 12.6 Å². The van der Waals surface area contributed by atoms with E-state index in [0.29, 0.717) is 28.8 Å². The fourth-order valence-corrected chi connectivity index (χ4v) is 5.13. The van der Waals surface area contributed by atoms with E-state index in [4.69, 9.17) is 0 Å². The molecule has 0 aliphatic heterocycles. The first kappa shape index (κ1) is 24.9. The summed E-state index contributed by atoms with van der Waals surface area (Å²) in [4.78, 5) is 0. The molecular weight excluding hydrogens is 497 g/mol. The molecule has 3 N–H and O–H groups in total. The van der Waals surface area contributed by atoms with E-state index in [1.54, 1.807) is 30.3 Å². The molecule has 4 aromatic carbocycles. The molecule has 0 amide bonds. The summed E-state index contributed by atoms with van der Waals surface area (Å²) in [7, 11) is -1.93. The Morgan fingerprint density at radius 2 is 1.16 bits per heavy atom. The number of alkyl halides is 6. The van der Waals surface area contributed by atoms with Crippen molar-refractivity contribution in [2.24, 2.45) is 0 Å². The second-order valence-electron chi connectivity index (χ2n) is 8.82. The van der Waals surface area contributed by atoms with Crippen LogP contribution in [0.3, 0.4) is 0 Å². The van der Waals surface area contributed by atoms with Gasteiger partial charge in [-0.1, -0.05) is 54.6 Å². The molecule has 1 aliphatic rings. The molecule has 0 saturated carbocycles. The standard InChI is InChI=1S/C27H17BF6O3/c29-26(30,31)17-11-16(12-18(13-17)27(32,33)34)25(15-5-8-20(35)9-6-15)23-4-2-1-3-21(23)22-10-7-19(28(36)37)14-24(22)25/h1-14,35-37H. The Morgan fingerprint density at radius 3 is 1.73 bits per heavy atom. The highest BCUT2D eigenvalue weighted by atomic mass is 19.4. The third-order valence-corrected chi connectivity index (χ3v) is 6.69. The molecule has 0 bridgehead atoms. The highest BCUT2D eigenvalue weighted by Gasteiger charge is 2.48. The first-order valence-electron chi connectivity index (χ1n) is 11.0. The van der Waals surface area contributed by atoms with Crippen molar-refractivity contribution in [3.05, 3.63) is 118 Å². The largest absolute Gasteiger partial charge is 0.508 e. The van der Waals surface area contributed by atoms with Crippen LogP contribution in [-0.4, -0.2) is 22.3 Å². The van der Waals surface area contributed by atoms with Crippen LogP contribution in [0.15, 0.2) is 84.9 Å². The maximum absolute atomic E-state index is 13.9. The van der Waals surface area contributed by atoms with E-state index in [1.807, 2.05) is 0 Å². The number of hydrogen-bond donors (Lipinski definition) is 3. The summed E-state index contributed by atoms with van der Waals surface area (Å²) >= 11 is 0. The van der Waals surface area contributed by atoms with Gasteiger partial charge in [0.2, 0.25) is 0 Å². The van der Waals surface area contributed by atoms with Gasteiger partial charge in [-0.25, -0.2) is 0 Å². The topological polar surface area (TPSA) is 60.7 Å². The molecule has 188 valence electrons. The van der Waals surface area contributed by atoms with Gasteiger partial charge in [0.15, 0.2) is 0 Å². The monoisotopic (exact) mass is 514 g/mol. The maximum atomic E-state index is 13.9. The van der Waals surface area contributed by atoms with Gasteiger partial charge in [0.05, 0.1) is 16.5 Å². The fraction of sp³-hybridized carbons (Fsp3) is 0.111. The lowest BCUT2D eigenvalue weighted by atomic mass is 9.65. The van der Waals surface area contributed by atoms with E-state index >= 15 is 0 Å². The molecule has 37 heavy (non-hydrogen) atoms. The summed E-state index contributed by atoms with van der Waals surface area (Å²) in [5.74, 6) is -0.148. The van der Waals surface area contributed by atoms with Crippen molar-refractivity contribution in [1.29, 1.82) is 0 Å². The Balaban J connectivity index is 1.99. The summed E-state index contributed by atoms with van der Waals surface area (Å²) in [6, 6.07) is 17.9. The second-order valence-corrected chi connectivity index (χ2v) is 8.82. The van der Waals surface area contributed by atoms with Crippen LogP contribution in [-0.2, 0) is 17.8 Å². The SMILES string of the molecule is OB(O)c1ccc2c(c1)C(c1ccc(O)cc1)(c1cc(C(F)(F)F)cc(C(F)(F)F)c1)c1ccccc1-2. The van der Waals surface area contributed by atoms with Crippen LogP contribution >= 0.6 is 0 Å². The number of phenols is 1. The highest BCUT2D eigenvalue weighted by molar-refractivity contribution is 6.58. The summed E-state index contributed by atoms with van der Waals surface area (Å²) in [6.07, 6.45) is -10.1. The average Bonchev–Trinajstić information content (AvgIpc) is 3.14. The number of halogens is 6. The quantitative estimate of drug-likeness (QED) is 0.221. The van der Waals surface area contributed by atoms with Crippen LogP contribution in [0, 0.1) is 0 Å². The van der Waals surface area contributed by atoms with Gasteiger partial charge in [0, 0.05) is 0 Å². The molecule has 10 heteroatoms. The fourth-order valence-electron chi connectivity index (χ4n) is 5.13. The van der Waals surface area contributed by atoms with Gasteiger partial charge in [0.1, 0.15) is 5.75 Å². The normalized spacial score (nSPS) is 16.9. The zero-order valence-corrected chi connectivity index (χ0v) is 18.8. The van der Waals surface area contributed by atoms with E-state index in [-0.39, 0.29) is 34.0 Å². The molecule has 0 spiro atoms. The van der Waals surface area contributed by atoms with Crippen LogP contribution in [0.25, 0.3) is 11.1 Å². The molecule has 1 aliphatic carbocycles. The Hall–Kier alpha value is -3.76. The maximum Gasteiger partial charge on any atom is 0.488 e. The number of benzene rings is 4. The minimum atomic E-state index is -5.07. The van der Waals surface area contributed by atoms with Crippen molar-refractivity contribution in [3.63, 3.8) is 0 Å². The van der Waals surface area contributed by atoms with E-state index in [1.165, 1.54) is 36.4 Å². The van der Waals surface area contributed by atoms with Crippen molar-refractivity contribution in [1.82, 2.24) is 0 Å².